The van der Waals surface area contributed by atoms with E-state index in [1.165, 1.54) is 5.56 Å². The molecule has 0 aromatic heterocycles. The molecule has 0 aliphatic rings. The topological polar surface area (TPSA) is 42.5 Å². The standard InChI is InChI=1S/C15H25BrN2O2/c1-4-19-14-9-12(11-18-8-6-7-17-3)13(16)10-15(14)20-5-2/h9-10,17-18H,4-8,11H2,1-3H3. The molecule has 0 saturated heterocycles. The average molecular weight is 345 g/mol. The molecule has 114 valence electrons. The Balaban J connectivity index is 2.67. The van der Waals surface area contributed by atoms with Crippen LogP contribution < -0.4 is 20.1 Å². The predicted octanol–water partition coefficient (Wildman–Crippen LogP) is 2.95. The van der Waals surface area contributed by atoms with Gasteiger partial charge in [0.15, 0.2) is 11.5 Å². The maximum Gasteiger partial charge on any atom is 0.162 e. The van der Waals surface area contributed by atoms with Crippen LogP contribution in [0.2, 0.25) is 0 Å². The maximum atomic E-state index is 5.65. The van der Waals surface area contributed by atoms with Gasteiger partial charge in [0, 0.05) is 11.0 Å². The van der Waals surface area contributed by atoms with Crippen molar-refractivity contribution in [3.63, 3.8) is 0 Å². The van der Waals surface area contributed by atoms with E-state index in [9.17, 15) is 0 Å². The summed E-state index contributed by atoms with van der Waals surface area (Å²) in [6, 6.07) is 4.03. The van der Waals surface area contributed by atoms with Gasteiger partial charge in [-0.05, 0) is 58.1 Å². The Bertz CT molecular complexity index is 400. The molecule has 0 amide bonds. The molecule has 2 N–H and O–H groups in total. The lowest BCUT2D eigenvalue weighted by Gasteiger charge is -2.14. The highest BCUT2D eigenvalue weighted by Crippen LogP contribution is 2.33. The third-order valence-electron chi connectivity index (χ3n) is 2.81. The molecule has 0 fully saturated rings. The predicted molar refractivity (Wildman–Crippen MR) is 86.7 cm³/mol. The molecule has 1 aromatic rings. The monoisotopic (exact) mass is 344 g/mol. The minimum absolute atomic E-state index is 0.633. The van der Waals surface area contributed by atoms with E-state index in [4.69, 9.17) is 9.47 Å². The first-order valence-electron chi connectivity index (χ1n) is 7.16. The van der Waals surface area contributed by atoms with Crippen molar-refractivity contribution < 1.29 is 9.47 Å². The summed E-state index contributed by atoms with van der Waals surface area (Å²) in [6.45, 7) is 8.06. The molecule has 0 aliphatic heterocycles. The quantitative estimate of drug-likeness (QED) is 0.640. The van der Waals surface area contributed by atoms with Crippen LogP contribution in [0, 0.1) is 0 Å². The summed E-state index contributed by atoms with van der Waals surface area (Å²) < 4.78 is 12.3. The van der Waals surface area contributed by atoms with Gasteiger partial charge in [0.2, 0.25) is 0 Å². The Kier molecular flexibility index (Phi) is 8.65. The van der Waals surface area contributed by atoms with Gasteiger partial charge >= 0.3 is 0 Å². The van der Waals surface area contributed by atoms with Crippen LogP contribution in [0.5, 0.6) is 11.5 Å². The molecule has 0 saturated carbocycles. The number of nitrogens with one attached hydrogen (secondary N) is 2. The Morgan fingerprint density at radius 2 is 1.70 bits per heavy atom. The number of hydrogen-bond donors (Lipinski definition) is 2. The van der Waals surface area contributed by atoms with Crippen LogP contribution in [-0.2, 0) is 6.54 Å². The lowest BCUT2D eigenvalue weighted by molar-refractivity contribution is 0.287. The highest BCUT2D eigenvalue weighted by molar-refractivity contribution is 9.10. The molecule has 1 aromatic carbocycles. The number of benzene rings is 1. The van der Waals surface area contributed by atoms with Crippen LogP contribution in [0.3, 0.4) is 0 Å². The van der Waals surface area contributed by atoms with Crippen molar-refractivity contribution in [2.24, 2.45) is 0 Å². The summed E-state index contributed by atoms with van der Waals surface area (Å²) in [5, 5.41) is 6.57. The number of ether oxygens (including phenoxy) is 2. The highest BCUT2D eigenvalue weighted by atomic mass is 79.9. The smallest absolute Gasteiger partial charge is 0.162 e. The van der Waals surface area contributed by atoms with Crippen LogP contribution in [-0.4, -0.2) is 33.4 Å². The van der Waals surface area contributed by atoms with Gasteiger partial charge in [-0.25, -0.2) is 0 Å². The van der Waals surface area contributed by atoms with Crippen molar-refractivity contribution in [1.82, 2.24) is 10.6 Å². The first-order chi connectivity index (χ1) is 9.72. The first kappa shape index (κ1) is 17.3. The summed E-state index contributed by atoms with van der Waals surface area (Å²) in [5.41, 5.74) is 1.18. The van der Waals surface area contributed by atoms with Gasteiger partial charge in [-0.1, -0.05) is 15.9 Å². The van der Waals surface area contributed by atoms with Crippen molar-refractivity contribution in [2.75, 3.05) is 33.4 Å². The van der Waals surface area contributed by atoms with Gasteiger partial charge < -0.3 is 20.1 Å². The molecule has 0 aliphatic carbocycles. The van der Waals surface area contributed by atoms with Crippen LogP contribution in [0.15, 0.2) is 16.6 Å². The second-order valence-corrected chi connectivity index (χ2v) is 5.24. The minimum Gasteiger partial charge on any atom is -0.490 e. The Morgan fingerprint density at radius 1 is 1.05 bits per heavy atom. The van der Waals surface area contributed by atoms with Crippen molar-refractivity contribution in [2.45, 2.75) is 26.8 Å². The lowest BCUT2D eigenvalue weighted by atomic mass is 10.2. The van der Waals surface area contributed by atoms with E-state index < -0.39 is 0 Å². The zero-order valence-electron chi connectivity index (χ0n) is 12.6. The third-order valence-corrected chi connectivity index (χ3v) is 3.55. The van der Waals surface area contributed by atoms with Crippen LogP contribution in [0.4, 0.5) is 0 Å². The molecule has 4 nitrogen and oxygen atoms in total. The number of rotatable bonds is 10. The molecule has 0 spiro atoms. The molecule has 1 rings (SSSR count). The van der Waals surface area contributed by atoms with E-state index in [-0.39, 0.29) is 0 Å². The second-order valence-electron chi connectivity index (χ2n) is 4.39. The van der Waals surface area contributed by atoms with Gasteiger partial charge in [0.25, 0.3) is 0 Å². The number of hydrogen-bond acceptors (Lipinski definition) is 4. The molecular formula is C15H25BrN2O2. The first-order valence-corrected chi connectivity index (χ1v) is 7.95. The molecule has 20 heavy (non-hydrogen) atoms. The lowest BCUT2D eigenvalue weighted by Crippen LogP contribution is -2.19. The Hall–Kier alpha value is -0.780. The van der Waals surface area contributed by atoms with Crippen LogP contribution in [0.25, 0.3) is 0 Å². The fourth-order valence-electron chi connectivity index (χ4n) is 1.86. The van der Waals surface area contributed by atoms with Crippen molar-refractivity contribution >= 4 is 15.9 Å². The fourth-order valence-corrected chi connectivity index (χ4v) is 2.33. The summed E-state index contributed by atoms with van der Waals surface area (Å²) in [7, 11) is 1.97. The van der Waals surface area contributed by atoms with Gasteiger partial charge in [-0.15, -0.1) is 0 Å². The van der Waals surface area contributed by atoms with Gasteiger partial charge in [0.05, 0.1) is 13.2 Å². The zero-order valence-corrected chi connectivity index (χ0v) is 14.2. The maximum absolute atomic E-state index is 5.65. The zero-order chi connectivity index (χ0) is 14.8. The molecule has 0 heterocycles. The summed E-state index contributed by atoms with van der Waals surface area (Å²) in [6.07, 6.45) is 1.11. The van der Waals surface area contributed by atoms with Crippen molar-refractivity contribution in [3.8, 4) is 11.5 Å². The summed E-state index contributed by atoms with van der Waals surface area (Å²) >= 11 is 3.60. The third kappa shape index (κ3) is 5.69. The van der Waals surface area contributed by atoms with E-state index in [0.717, 1.165) is 42.0 Å². The molecule has 0 unspecified atom stereocenters. The minimum atomic E-state index is 0.633. The van der Waals surface area contributed by atoms with E-state index in [1.807, 2.05) is 33.0 Å². The summed E-state index contributed by atoms with van der Waals surface area (Å²) in [4.78, 5) is 0. The Morgan fingerprint density at radius 3 is 2.30 bits per heavy atom. The van der Waals surface area contributed by atoms with Crippen molar-refractivity contribution in [3.05, 3.63) is 22.2 Å². The molecule has 0 radical (unpaired) electrons. The van der Waals surface area contributed by atoms with Gasteiger partial charge in [-0.3, -0.25) is 0 Å². The number of halogens is 1. The van der Waals surface area contributed by atoms with Crippen LogP contribution in [0.1, 0.15) is 25.8 Å². The molecular weight excluding hydrogens is 320 g/mol. The van der Waals surface area contributed by atoms with Crippen LogP contribution >= 0.6 is 15.9 Å². The molecule has 0 bridgehead atoms. The average Bonchev–Trinajstić information content (AvgIpc) is 2.43. The normalized spacial score (nSPS) is 10.6. The fraction of sp³-hybridized carbons (Fsp3) is 0.600. The summed E-state index contributed by atoms with van der Waals surface area (Å²) in [5.74, 6) is 1.60. The Labute approximate surface area is 130 Å². The molecule has 5 heteroatoms. The van der Waals surface area contributed by atoms with Gasteiger partial charge in [0.1, 0.15) is 0 Å². The van der Waals surface area contributed by atoms with Gasteiger partial charge in [-0.2, -0.15) is 0 Å². The largest absolute Gasteiger partial charge is 0.490 e. The van der Waals surface area contributed by atoms with Crippen molar-refractivity contribution in [1.29, 1.82) is 0 Å². The van der Waals surface area contributed by atoms with E-state index in [0.29, 0.717) is 13.2 Å². The molecule has 0 atom stereocenters. The van der Waals surface area contributed by atoms with E-state index in [1.54, 1.807) is 0 Å². The SMILES string of the molecule is CCOc1cc(Br)c(CNCCCNC)cc1OCC. The van der Waals surface area contributed by atoms with E-state index in [2.05, 4.69) is 26.6 Å². The highest BCUT2D eigenvalue weighted by Gasteiger charge is 2.10. The van der Waals surface area contributed by atoms with E-state index >= 15 is 0 Å². The second kappa shape index (κ2) is 10.0.